The van der Waals surface area contributed by atoms with Crippen molar-refractivity contribution in [2.45, 2.75) is 64.3 Å². The summed E-state index contributed by atoms with van der Waals surface area (Å²) in [6.07, 6.45) is 2.25. The van der Waals surface area contributed by atoms with Crippen LogP contribution in [0.2, 0.25) is 0 Å². The van der Waals surface area contributed by atoms with Crippen molar-refractivity contribution in [3.05, 3.63) is 95.6 Å². The number of aliphatic hydroxyl groups is 2. The molecule has 4 heteroatoms. The van der Waals surface area contributed by atoms with Crippen molar-refractivity contribution in [1.29, 1.82) is 0 Å². The first kappa shape index (κ1) is 23.8. The molecule has 0 aromatic heterocycles. The van der Waals surface area contributed by atoms with Gasteiger partial charge in [-0.2, -0.15) is 0 Å². The van der Waals surface area contributed by atoms with E-state index in [1.54, 1.807) is 0 Å². The molecule has 3 aromatic rings. The standard InChI is InChI=1S/C28H36N2O2/c1-4-26(31)19-21-11-15-24(16-12-21)29-28(3,23-9-7-6-8-10-23)30-25-17-13-22(14-18-25)20-27(32)5-2/h6-18,26-27,29-32H,4-5,19-20H2,1-3H3. The molecule has 2 unspecified atom stereocenters. The fourth-order valence-electron chi connectivity index (χ4n) is 3.81. The van der Waals surface area contributed by atoms with Gasteiger partial charge in [0.25, 0.3) is 0 Å². The smallest absolute Gasteiger partial charge is 0.131 e. The lowest BCUT2D eigenvalue weighted by Crippen LogP contribution is -2.40. The van der Waals surface area contributed by atoms with Crippen molar-refractivity contribution in [3.8, 4) is 0 Å². The van der Waals surface area contributed by atoms with Crippen LogP contribution in [-0.4, -0.2) is 22.4 Å². The maximum Gasteiger partial charge on any atom is 0.131 e. The second kappa shape index (κ2) is 11.2. The Labute approximate surface area is 192 Å². The van der Waals surface area contributed by atoms with Crippen LogP contribution in [0.5, 0.6) is 0 Å². The van der Waals surface area contributed by atoms with Crippen LogP contribution in [0.4, 0.5) is 11.4 Å². The van der Waals surface area contributed by atoms with Crippen LogP contribution in [0.25, 0.3) is 0 Å². The predicted molar refractivity (Wildman–Crippen MR) is 134 cm³/mol. The van der Waals surface area contributed by atoms with E-state index in [0.29, 0.717) is 12.8 Å². The fourth-order valence-corrected chi connectivity index (χ4v) is 3.81. The Balaban J connectivity index is 1.79. The van der Waals surface area contributed by atoms with Gasteiger partial charge < -0.3 is 20.8 Å². The summed E-state index contributed by atoms with van der Waals surface area (Å²) in [6, 6.07) is 26.9. The molecule has 4 N–H and O–H groups in total. The lowest BCUT2D eigenvalue weighted by Gasteiger charge is -2.35. The van der Waals surface area contributed by atoms with Gasteiger partial charge in [0.05, 0.1) is 12.2 Å². The van der Waals surface area contributed by atoms with Gasteiger partial charge in [0, 0.05) is 11.4 Å². The van der Waals surface area contributed by atoms with Crippen LogP contribution in [0.15, 0.2) is 78.9 Å². The third-order valence-corrected chi connectivity index (χ3v) is 5.93. The highest BCUT2D eigenvalue weighted by Gasteiger charge is 2.26. The lowest BCUT2D eigenvalue weighted by molar-refractivity contribution is 0.170. The van der Waals surface area contributed by atoms with Crippen molar-refractivity contribution in [3.63, 3.8) is 0 Å². The highest BCUT2D eigenvalue weighted by molar-refractivity contribution is 5.55. The summed E-state index contributed by atoms with van der Waals surface area (Å²) in [6.45, 7) is 6.12. The molecule has 32 heavy (non-hydrogen) atoms. The molecule has 0 aliphatic heterocycles. The molecule has 170 valence electrons. The quantitative estimate of drug-likeness (QED) is 0.293. The van der Waals surface area contributed by atoms with Gasteiger partial charge in [-0.1, -0.05) is 68.4 Å². The SMILES string of the molecule is CCC(O)Cc1ccc(NC(C)(Nc2ccc(CC(O)CC)cc2)c2ccccc2)cc1. The van der Waals surface area contributed by atoms with E-state index in [2.05, 4.69) is 78.2 Å². The molecule has 4 nitrogen and oxygen atoms in total. The number of hydrogen-bond donors (Lipinski definition) is 4. The van der Waals surface area contributed by atoms with Crippen molar-refractivity contribution in [2.24, 2.45) is 0 Å². The first-order valence-electron chi connectivity index (χ1n) is 11.6. The second-order valence-electron chi connectivity index (χ2n) is 8.67. The van der Waals surface area contributed by atoms with Crippen LogP contribution in [0.1, 0.15) is 50.3 Å². The van der Waals surface area contributed by atoms with Gasteiger partial charge in [-0.05, 0) is 73.6 Å². The highest BCUT2D eigenvalue weighted by atomic mass is 16.3. The number of anilines is 2. The number of benzene rings is 3. The zero-order valence-corrected chi connectivity index (χ0v) is 19.4. The van der Waals surface area contributed by atoms with E-state index in [1.165, 1.54) is 0 Å². The molecule has 3 rings (SSSR count). The van der Waals surface area contributed by atoms with Gasteiger partial charge in [-0.25, -0.2) is 0 Å². The first-order chi connectivity index (χ1) is 15.4. The van der Waals surface area contributed by atoms with E-state index < -0.39 is 5.66 Å². The normalized spacial score (nSPS) is 14.9. The second-order valence-corrected chi connectivity index (χ2v) is 8.67. The average Bonchev–Trinajstić information content (AvgIpc) is 2.82. The maximum absolute atomic E-state index is 9.92. The molecule has 0 fully saturated rings. The van der Waals surface area contributed by atoms with Crippen molar-refractivity contribution in [1.82, 2.24) is 0 Å². The Morgan fingerprint density at radius 2 is 1.06 bits per heavy atom. The van der Waals surface area contributed by atoms with Gasteiger partial charge in [0.1, 0.15) is 5.66 Å². The molecule has 3 aromatic carbocycles. The zero-order chi connectivity index (χ0) is 23.0. The lowest BCUT2D eigenvalue weighted by atomic mass is 9.99. The minimum absolute atomic E-state index is 0.300. The molecular weight excluding hydrogens is 396 g/mol. The predicted octanol–water partition coefficient (Wildman–Crippen LogP) is 5.71. The van der Waals surface area contributed by atoms with Crippen molar-refractivity contribution < 1.29 is 10.2 Å². The Hall–Kier alpha value is -2.82. The molecule has 0 radical (unpaired) electrons. The monoisotopic (exact) mass is 432 g/mol. The van der Waals surface area contributed by atoms with E-state index in [9.17, 15) is 10.2 Å². The number of aliphatic hydroxyl groups excluding tert-OH is 2. The first-order valence-corrected chi connectivity index (χ1v) is 11.6. The van der Waals surface area contributed by atoms with Crippen molar-refractivity contribution >= 4 is 11.4 Å². The molecule has 0 saturated heterocycles. The summed E-state index contributed by atoms with van der Waals surface area (Å²) in [5.41, 5.74) is 4.85. The van der Waals surface area contributed by atoms with E-state index in [4.69, 9.17) is 0 Å². The minimum Gasteiger partial charge on any atom is -0.393 e. The van der Waals surface area contributed by atoms with Gasteiger partial charge in [-0.15, -0.1) is 0 Å². The average molecular weight is 433 g/mol. The largest absolute Gasteiger partial charge is 0.393 e. The Kier molecular flexibility index (Phi) is 8.32. The van der Waals surface area contributed by atoms with Gasteiger partial charge in [0.15, 0.2) is 0 Å². The summed E-state index contributed by atoms with van der Waals surface area (Å²) >= 11 is 0. The summed E-state index contributed by atoms with van der Waals surface area (Å²) < 4.78 is 0. The summed E-state index contributed by atoms with van der Waals surface area (Å²) in [5.74, 6) is 0. The summed E-state index contributed by atoms with van der Waals surface area (Å²) in [4.78, 5) is 0. The molecule has 0 heterocycles. The van der Waals surface area contributed by atoms with Crippen LogP contribution in [0.3, 0.4) is 0 Å². The fraction of sp³-hybridized carbons (Fsp3) is 0.357. The van der Waals surface area contributed by atoms with Crippen LogP contribution >= 0.6 is 0 Å². The third-order valence-electron chi connectivity index (χ3n) is 5.93. The van der Waals surface area contributed by atoms with E-state index in [1.807, 2.05) is 32.0 Å². The topological polar surface area (TPSA) is 64.5 Å². The van der Waals surface area contributed by atoms with E-state index in [0.717, 1.165) is 40.9 Å². The minimum atomic E-state index is -0.532. The van der Waals surface area contributed by atoms with Gasteiger partial charge in [-0.3, -0.25) is 0 Å². The molecule has 0 aliphatic carbocycles. The zero-order valence-electron chi connectivity index (χ0n) is 19.4. The van der Waals surface area contributed by atoms with Crippen LogP contribution < -0.4 is 10.6 Å². The third kappa shape index (κ3) is 6.59. The maximum atomic E-state index is 9.92. The summed E-state index contributed by atoms with van der Waals surface area (Å²) in [7, 11) is 0. The van der Waals surface area contributed by atoms with E-state index >= 15 is 0 Å². The molecule has 0 amide bonds. The van der Waals surface area contributed by atoms with Crippen LogP contribution in [0, 0.1) is 0 Å². The highest BCUT2D eigenvalue weighted by Crippen LogP contribution is 2.29. The number of rotatable bonds is 11. The van der Waals surface area contributed by atoms with E-state index in [-0.39, 0.29) is 12.2 Å². The molecular formula is C28H36N2O2. The van der Waals surface area contributed by atoms with Crippen molar-refractivity contribution in [2.75, 3.05) is 10.6 Å². The molecule has 0 aliphatic rings. The van der Waals surface area contributed by atoms with Crippen LogP contribution in [-0.2, 0) is 18.5 Å². The molecule has 0 saturated carbocycles. The Bertz CT molecular complexity index is 882. The Morgan fingerprint density at radius 3 is 1.44 bits per heavy atom. The molecule has 2 atom stereocenters. The van der Waals surface area contributed by atoms with Gasteiger partial charge in [0.2, 0.25) is 0 Å². The summed E-state index contributed by atoms with van der Waals surface area (Å²) in [5, 5.41) is 27.2. The number of hydrogen-bond acceptors (Lipinski definition) is 4. The van der Waals surface area contributed by atoms with Gasteiger partial charge >= 0.3 is 0 Å². The Morgan fingerprint density at radius 1 is 0.656 bits per heavy atom. The molecule has 0 spiro atoms. The molecule has 0 bridgehead atoms. The number of nitrogens with one attached hydrogen (secondary N) is 2.